The van der Waals surface area contributed by atoms with E-state index in [2.05, 4.69) is 5.16 Å². The van der Waals surface area contributed by atoms with Crippen molar-refractivity contribution in [2.45, 2.75) is 13.5 Å². The van der Waals surface area contributed by atoms with Crippen LogP contribution in [0.1, 0.15) is 16.7 Å². The first-order valence-electron chi connectivity index (χ1n) is 8.49. The van der Waals surface area contributed by atoms with E-state index in [4.69, 9.17) is 4.84 Å². The van der Waals surface area contributed by atoms with E-state index in [1.54, 1.807) is 4.90 Å². The van der Waals surface area contributed by atoms with Gasteiger partial charge in [0.05, 0.1) is 5.69 Å². The van der Waals surface area contributed by atoms with Crippen molar-refractivity contribution in [3.63, 3.8) is 0 Å². The predicted molar refractivity (Wildman–Crippen MR) is 103 cm³/mol. The molecular formula is C22H18N2O2. The van der Waals surface area contributed by atoms with Crippen molar-refractivity contribution >= 4 is 23.0 Å². The van der Waals surface area contributed by atoms with E-state index in [0.29, 0.717) is 12.3 Å². The normalized spacial score (nSPS) is 14.6. The number of benzene rings is 3. The first-order chi connectivity index (χ1) is 12.8. The molecule has 0 radical (unpaired) electrons. The van der Waals surface area contributed by atoms with E-state index in [-0.39, 0.29) is 5.91 Å². The topological polar surface area (TPSA) is 41.9 Å². The van der Waals surface area contributed by atoms with Gasteiger partial charge in [0.25, 0.3) is 5.91 Å². The molecule has 0 bridgehead atoms. The molecular weight excluding hydrogens is 324 g/mol. The molecule has 0 spiro atoms. The molecule has 0 saturated carbocycles. The molecule has 3 aromatic rings. The quantitative estimate of drug-likeness (QED) is 0.651. The third-order valence-corrected chi connectivity index (χ3v) is 4.46. The standard InChI is InChI=1S/C22H18N2O2/c1-16-9-5-6-10-17(16)15-26-23-21-19-13-7-8-14-20(19)24(22(21)25)18-11-3-2-4-12-18/h2-14H,15H2,1H3/b23-21-. The summed E-state index contributed by atoms with van der Waals surface area (Å²) in [5, 5.41) is 4.18. The summed E-state index contributed by atoms with van der Waals surface area (Å²) in [6.45, 7) is 2.36. The summed E-state index contributed by atoms with van der Waals surface area (Å²) in [7, 11) is 0. The van der Waals surface area contributed by atoms with Crippen LogP contribution < -0.4 is 4.90 Å². The predicted octanol–water partition coefficient (Wildman–Crippen LogP) is 4.59. The third kappa shape index (κ3) is 2.86. The summed E-state index contributed by atoms with van der Waals surface area (Å²) in [4.78, 5) is 20.2. The Morgan fingerprint density at radius 2 is 1.58 bits per heavy atom. The van der Waals surface area contributed by atoms with E-state index < -0.39 is 0 Å². The fourth-order valence-corrected chi connectivity index (χ4v) is 3.06. The molecule has 0 unspecified atom stereocenters. The average Bonchev–Trinajstić information content (AvgIpc) is 2.96. The number of hydrogen-bond donors (Lipinski definition) is 0. The van der Waals surface area contributed by atoms with Gasteiger partial charge >= 0.3 is 0 Å². The van der Waals surface area contributed by atoms with Crippen LogP contribution in [0.5, 0.6) is 0 Å². The molecule has 4 nitrogen and oxygen atoms in total. The van der Waals surface area contributed by atoms with Gasteiger partial charge in [-0.1, -0.05) is 65.8 Å². The Morgan fingerprint density at radius 1 is 0.885 bits per heavy atom. The Kier molecular flexibility index (Phi) is 4.23. The van der Waals surface area contributed by atoms with Crippen molar-refractivity contribution < 1.29 is 9.63 Å². The molecule has 3 aromatic carbocycles. The fraction of sp³-hybridized carbons (Fsp3) is 0.0909. The monoisotopic (exact) mass is 342 g/mol. The number of rotatable bonds is 4. The van der Waals surface area contributed by atoms with Gasteiger partial charge in [-0.2, -0.15) is 0 Å². The lowest BCUT2D eigenvalue weighted by molar-refractivity contribution is -0.111. The van der Waals surface area contributed by atoms with Crippen LogP contribution >= 0.6 is 0 Å². The lowest BCUT2D eigenvalue weighted by atomic mass is 10.1. The smallest absolute Gasteiger partial charge is 0.285 e. The molecule has 1 amide bonds. The van der Waals surface area contributed by atoms with Crippen molar-refractivity contribution in [1.82, 2.24) is 0 Å². The highest BCUT2D eigenvalue weighted by Gasteiger charge is 2.35. The summed E-state index contributed by atoms with van der Waals surface area (Å²) in [5.74, 6) is -0.179. The molecule has 4 rings (SSSR count). The van der Waals surface area contributed by atoms with E-state index in [1.807, 2.05) is 85.8 Å². The number of nitrogens with zero attached hydrogens (tertiary/aromatic N) is 2. The van der Waals surface area contributed by atoms with E-state index in [9.17, 15) is 4.79 Å². The van der Waals surface area contributed by atoms with Crippen LogP contribution in [0.15, 0.2) is 84.0 Å². The summed E-state index contributed by atoms with van der Waals surface area (Å²) in [5.41, 5.74) is 4.94. The highest BCUT2D eigenvalue weighted by Crippen LogP contribution is 2.35. The molecule has 1 aliphatic heterocycles. The molecule has 1 heterocycles. The van der Waals surface area contributed by atoms with Crippen molar-refractivity contribution in [3.05, 3.63) is 95.6 Å². The van der Waals surface area contributed by atoms with Gasteiger partial charge in [-0.15, -0.1) is 0 Å². The Labute approximate surface area is 152 Å². The van der Waals surface area contributed by atoms with Crippen LogP contribution in [-0.2, 0) is 16.2 Å². The highest BCUT2D eigenvalue weighted by atomic mass is 16.6. The lowest BCUT2D eigenvalue weighted by Gasteiger charge is -2.16. The number of oxime groups is 1. The zero-order valence-corrected chi connectivity index (χ0v) is 14.4. The Bertz CT molecular complexity index is 980. The van der Waals surface area contributed by atoms with Gasteiger partial charge < -0.3 is 4.84 Å². The number of aryl methyl sites for hydroxylation is 1. The van der Waals surface area contributed by atoms with E-state index >= 15 is 0 Å². The van der Waals surface area contributed by atoms with Crippen LogP contribution in [0.2, 0.25) is 0 Å². The molecule has 0 atom stereocenters. The highest BCUT2D eigenvalue weighted by molar-refractivity contribution is 6.55. The minimum absolute atomic E-state index is 0.179. The van der Waals surface area contributed by atoms with Crippen LogP contribution in [0.3, 0.4) is 0 Å². The Balaban J connectivity index is 1.65. The number of para-hydroxylation sites is 2. The second-order valence-corrected chi connectivity index (χ2v) is 6.13. The van der Waals surface area contributed by atoms with Gasteiger partial charge in [0, 0.05) is 11.3 Å². The number of fused-ring (bicyclic) bond motifs is 1. The first-order valence-corrected chi connectivity index (χ1v) is 8.49. The molecule has 0 aromatic heterocycles. The molecule has 0 fully saturated rings. The number of carbonyl (C=O) groups excluding carboxylic acids is 1. The maximum atomic E-state index is 13.0. The summed E-state index contributed by atoms with van der Waals surface area (Å²) in [6.07, 6.45) is 0. The number of hydrogen-bond acceptors (Lipinski definition) is 3. The van der Waals surface area contributed by atoms with Crippen LogP contribution in [-0.4, -0.2) is 11.6 Å². The summed E-state index contributed by atoms with van der Waals surface area (Å²) >= 11 is 0. The second-order valence-electron chi connectivity index (χ2n) is 6.13. The maximum absolute atomic E-state index is 13.0. The number of amides is 1. The molecule has 0 aliphatic carbocycles. The van der Waals surface area contributed by atoms with Crippen molar-refractivity contribution in [2.24, 2.45) is 5.16 Å². The van der Waals surface area contributed by atoms with E-state index in [0.717, 1.165) is 28.1 Å². The van der Waals surface area contributed by atoms with Gasteiger partial charge in [-0.3, -0.25) is 9.69 Å². The minimum atomic E-state index is -0.179. The molecule has 4 heteroatoms. The first kappa shape index (κ1) is 16.1. The van der Waals surface area contributed by atoms with Gasteiger partial charge in [0.1, 0.15) is 6.61 Å². The summed E-state index contributed by atoms with van der Waals surface area (Å²) in [6, 6.07) is 25.2. The van der Waals surface area contributed by atoms with Crippen LogP contribution in [0.25, 0.3) is 0 Å². The molecule has 0 saturated heterocycles. The number of carbonyl (C=O) groups is 1. The zero-order chi connectivity index (χ0) is 17.9. The Hall–Kier alpha value is -3.40. The van der Waals surface area contributed by atoms with Gasteiger partial charge in [0.15, 0.2) is 5.71 Å². The van der Waals surface area contributed by atoms with E-state index in [1.165, 1.54) is 0 Å². The second kappa shape index (κ2) is 6.84. The SMILES string of the molecule is Cc1ccccc1CO/N=C1\C(=O)N(c2ccccc2)c2ccccc21. The van der Waals surface area contributed by atoms with Gasteiger partial charge in [0.2, 0.25) is 0 Å². The molecule has 1 aliphatic rings. The zero-order valence-electron chi connectivity index (χ0n) is 14.4. The third-order valence-electron chi connectivity index (χ3n) is 4.46. The molecule has 128 valence electrons. The van der Waals surface area contributed by atoms with Crippen molar-refractivity contribution in [3.8, 4) is 0 Å². The fourth-order valence-electron chi connectivity index (χ4n) is 3.06. The average molecular weight is 342 g/mol. The maximum Gasteiger partial charge on any atom is 0.285 e. The van der Waals surface area contributed by atoms with Crippen LogP contribution in [0, 0.1) is 6.92 Å². The summed E-state index contributed by atoms with van der Waals surface area (Å²) < 4.78 is 0. The molecule has 26 heavy (non-hydrogen) atoms. The minimum Gasteiger partial charge on any atom is -0.390 e. The van der Waals surface area contributed by atoms with Gasteiger partial charge in [-0.25, -0.2) is 0 Å². The molecule has 0 N–H and O–H groups in total. The van der Waals surface area contributed by atoms with Crippen molar-refractivity contribution in [2.75, 3.05) is 4.90 Å². The Morgan fingerprint density at radius 3 is 2.38 bits per heavy atom. The largest absolute Gasteiger partial charge is 0.390 e. The van der Waals surface area contributed by atoms with Crippen molar-refractivity contribution in [1.29, 1.82) is 0 Å². The number of anilines is 2. The van der Waals surface area contributed by atoms with Crippen LogP contribution in [0.4, 0.5) is 11.4 Å². The van der Waals surface area contributed by atoms with Gasteiger partial charge in [-0.05, 0) is 36.2 Å². The lowest BCUT2D eigenvalue weighted by Crippen LogP contribution is -2.25.